The standard InChI is InChI=1S/C8H7BrN/c9-7-2-1-5-10-8(7)6-3-4-6/h1-3,5-6H,4H2. The van der Waals surface area contributed by atoms with Crippen LogP contribution in [0.3, 0.4) is 0 Å². The van der Waals surface area contributed by atoms with Crippen molar-refractivity contribution in [1.29, 1.82) is 0 Å². The predicted molar refractivity (Wildman–Crippen MR) is 43.6 cm³/mol. The minimum Gasteiger partial charge on any atom is -0.260 e. The molecule has 1 fully saturated rings. The maximum Gasteiger partial charge on any atom is 0.0579 e. The summed E-state index contributed by atoms with van der Waals surface area (Å²) in [6, 6.07) is 3.98. The molecule has 1 atom stereocenters. The normalized spacial score (nSPS) is 17.3. The lowest BCUT2D eigenvalue weighted by molar-refractivity contribution is 1.03. The third-order valence-electron chi connectivity index (χ3n) is 1.61. The van der Waals surface area contributed by atoms with Gasteiger partial charge in [-0.05, 0) is 40.9 Å². The second kappa shape index (κ2) is 2.35. The molecule has 2 rings (SSSR count). The minimum atomic E-state index is 0.621. The summed E-state index contributed by atoms with van der Waals surface area (Å²) in [5.74, 6) is 0.621. The number of pyridine rings is 1. The van der Waals surface area contributed by atoms with Crippen LogP contribution < -0.4 is 0 Å². The Labute approximate surface area is 68.6 Å². The first-order valence-electron chi connectivity index (χ1n) is 3.31. The predicted octanol–water partition coefficient (Wildman–Crippen LogP) is 2.54. The first-order valence-corrected chi connectivity index (χ1v) is 4.11. The average Bonchev–Trinajstić information content (AvgIpc) is 2.71. The van der Waals surface area contributed by atoms with Gasteiger partial charge in [0.25, 0.3) is 0 Å². The molecule has 0 saturated heterocycles. The highest BCUT2D eigenvalue weighted by molar-refractivity contribution is 9.10. The molecule has 0 amide bonds. The second-order valence-electron chi connectivity index (χ2n) is 2.45. The topological polar surface area (TPSA) is 12.9 Å². The zero-order chi connectivity index (χ0) is 6.97. The van der Waals surface area contributed by atoms with Gasteiger partial charge in [0, 0.05) is 16.6 Å². The van der Waals surface area contributed by atoms with Crippen molar-refractivity contribution in [2.75, 3.05) is 0 Å². The lowest BCUT2D eigenvalue weighted by Gasteiger charge is -1.97. The molecule has 51 valence electrons. The van der Waals surface area contributed by atoms with E-state index < -0.39 is 0 Å². The molecule has 1 aliphatic carbocycles. The van der Waals surface area contributed by atoms with E-state index in [4.69, 9.17) is 0 Å². The molecule has 0 N–H and O–H groups in total. The van der Waals surface area contributed by atoms with E-state index in [0.717, 1.165) is 4.47 Å². The summed E-state index contributed by atoms with van der Waals surface area (Å²) in [4.78, 5) is 4.26. The number of rotatable bonds is 1. The van der Waals surface area contributed by atoms with Crippen LogP contribution in [0.5, 0.6) is 0 Å². The molecule has 1 radical (unpaired) electrons. The van der Waals surface area contributed by atoms with Crippen LogP contribution in [0.15, 0.2) is 22.8 Å². The van der Waals surface area contributed by atoms with Gasteiger partial charge < -0.3 is 0 Å². The second-order valence-corrected chi connectivity index (χ2v) is 3.30. The highest BCUT2D eigenvalue weighted by Gasteiger charge is 2.26. The van der Waals surface area contributed by atoms with Crippen LogP contribution in [0, 0.1) is 6.42 Å². The van der Waals surface area contributed by atoms with Gasteiger partial charge in [0.05, 0.1) is 5.69 Å². The van der Waals surface area contributed by atoms with Crippen LogP contribution in [0.2, 0.25) is 0 Å². The van der Waals surface area contributed by atoms with Gasteiger partial charge in [0.2, 0.25) is 0 Å². The molecule has 0 aliphatic heterocycles. The third kappa shape index (κ3) is 1.08. The first kappa shape index (κ1) is 6.35. The van der Waals surface area contributed by atoms with Gasteiger partial charge in [0.15, 0.2) is 0 Å². The largest absolute Gasteiger partial charge is 0.260 e. The number of halogens is 1. The maximum absolute atomic E-state index is 4.26. The quantitative estimate of drug-likeness (QED) is 0.674. The number of hydrogen-bond donors (Lipinski definition) is 0. The summed E-state index contributed by atoms with van der Waals surface area (Å²) in [5, 5.41) is 0. The summed E-state index contributed by atoms with van der Waals surface area (Å²) >= 11 is 3.45. The molecule has 1 aromatic rings. The molecule has 1 aliphatic rings. The summed E-state index contributed by atoms with van der Waals surface area (Å²) in [7, 11) is 0. The number of nitrogens with zero attached hydrogens (tertiary/aromatic N) is 1. The summed E-state index contributed by atoms with van der Waals surface area (Å²) in [5.41, 5.74) is 1.18. The van der Waals surface area contributed by atoms with Crippen molar-refractivity contribution < 1.29 is 0 Å². The van der Waals surface area contributed by atoms with E-state index in [0.29, 0.717) is 5.92 Å². The highest BCUT2D eigenvalue weighted by Crippen LogP contribution is 2.40. The van der Waals surface area contributed by atoms with E-state index in [2.05, 4.69) is 27.3 Å². The third-order valence-corrected chi connectivity index (χ3v) is 2.28. The SMILES string of the molecule is Brc1cccnc1C1[CH]C1. The fourth-order valence-corrected chi connectivity index (χ4v) is 1.51. The van der Waals surface area contributed by atoms with Crippen LogP contribution in [0.1, 0.15) is 18.0 Å². The van der Waals surface area contributed by atoms with E-state index in [1.165, 1.54) is 12.1 Å². The van der Waals surface area contributed by atoms with E-state index in [1.807, 2.05) is 18.3 Å². The first-order chi connectivity index (χ1) is 4.88. The van der Waals surface area contributed by atoms with Crippen molar-refractivity contribution in [1.82, 2.24) is 4.98 Å². The Bertz CT molecular complexity index is 243. The number of hydrogen-bond acceptors (Lipinski definition) is 1. The summed E-state index contributed by atoms with van der Waals surface area (Å²) in [6.07, 6.45) is 5.29. The molecule has 2 heteroatoms. The Morgan fingerprint density at radius 2 is 2.40 bits per heavy atom. The van der Waals surface area contributed by atoms with Crippen molar-refractivity contribution in [2.45, 2.75) is 12.3 Å². The van der Waals surface area contributed by atoms with Crippen LogP contribution in [-0.4, -0.2) is 4.98 Å². The minimum absolute atomic E-state index is 0.621. The molecular formula is C8H7BrN. The molecular weight excluding hydrogens is 190 g/mol. The Morgan fingerprint density at radius 1 is 1.60 bits per heavy atom. The Hall–Kier alpha value is -0.370. The van der Waals surface area contributed by atoms with Crippen molar-refractivity contribution >= 4 is 15.9 Å². The van der Waals surface area contributed by atoms with Gasteiger partial charge >= 0.3 is 0 Å². The van der Waals surface area contributed by atoms with Gasteiger partial charge in [-0.1, -0.05) is 0 Å². The summed E-state index contributed by atoms with van der Waals surface area (Å²) in [6.45, 7) is 0. The molecule has 0 spiro atoms. The smallest absolute Gasteiger partial charge is 0.0579 e. The van der Waals surface area contributed by atoms with E-state index in [9.17, 15) is 0 Å². The van der Waals surface area contributed by atoms with E-state index >= 15 is 0 Å². The zero-order valence-corrected chi connectivity index (χ0v) is 7.01. The van der Waals surface area contributed by atoms with Crippen molar-refractivity contribution in [3.05, 3.63) is 34.9 Å². The molecule has 0 aromatic carbocycles. The highest BCUT2D eigenvalue weighted by atomic mass is 79.9. The van der Waals surface area contributed by atoms with Gasteiger partial charge in [-0.3, -0.25) is 4.98 Å². The van der Waals surface area contributed by atoms with Gasteiger partial charge in [-0.2, -0.15) is 0 Å². The summed E-state index contributed by atoms with van der Waals surface area (Å²) < 4.78 is 1.13. The van der Waals surface area contributed by atoms with Crippen LogP contribution in [0.25, 0.3) is 0 Å². The van der Waals surface area contributed by atoms with Crippen LogP contribution in [0.4, 0.5) is 0 Å². The van der Waals surface area contributed by atoms with Gasteiger partial charge in [0.1, 0.15) is 0 Å². The fourth-order valence-electron chi connectivity index (χ4n) is 0.962. The van der Waals surface area contributed by atoms with Gasteiger partial charge in [-0.25, -0.2) is 0 Å². The Kier molecular flexibility index (Phi) is 1.49. The lowest BCUT2D eigenvalue weighted by atomic mass is 10.2. The molecule has 1 heterocycles. The Morgan fingerprint density at radius 3 is 3.00 bits per heavy atom. The molecule has 1 aromatic heterocycles. The molecule has 1 saturated carbocycles. The monoisotopic (exact) mass is 196 g/mol. The van der Waals surface area contributed by atoms with Crippen molar-refractivity contribution in [3.8, 4) is 0 Å². The zero-order valence-electron chi connectivity index (χ0n) is 5.42. The molecule has 0 bridgehead atoms. The van der Waals surface area contributed by atoms with Crippen molar-refractivity contribution in [2.24, 2.45) is 0 Å². The van der Waals surface area contributed by atoms with Crippen molar-refractivity contribution in [3.63, 3.8) is 0 Å². The average molecular weight is 197 g/mol. The van der Waals surface area contributed by atoms with Crippen LogP contribution >= 0.6 is 15.9 Å². The number of aromatic nitrogens is 1. The van der Waals surface area contributed by atoms with E-state index in [1.54, 1.807) is 0 Å². The molecule has 1 unspecified atom stereocenters. The van der Waals surface area contributed by atoms with Gasteiger partial charge in [-0.15, -0.1) is 0 Å². The van der Waals surface area contributed by atoms with Crippen LogP contribution in [-0.2, 0) is 0 Å². The van der Waals surface area contributed by atoms with E-state index in [-0.39, 0.29) is 0 Å². The molecule has 1 nitrogen and oxygen atoms in total. The lowest BCUT2D eigenvalue weighted by Crippen LogP contribution is -1.85. The maximum atomic E-state index is 4.26. The fraction of sp³-hybridized carbons (Fsp3) is 0.250. The Balaban J connectivity index is 2.39. The molecule has 10 heavy (non-hydrogen) atoms.